The normalized spacial score (nSPS) is 20.2. The highest BCUT2D eigenvalue weighted by Gasteiger charge is 2.28. The third kappa shape index (κ3) is 3.76. The average molecular weight is 378 g/mol. The van der Waals surface area contributed by atoms with Crippen LogP contribution in [-0.2, 0) is 10.0 Å². The number of hydrogen-bond donors (Lipinski definition) is 2. The van der Waals surface area contributed by atoms with Gasteiger partial charge in [-0.2, -0.15) is 0 Å². The Hall–Kier alpha value is -2.32. The van der Waals surface area contributed by atoms with Crippen LogP contribution in [0.5, 0.6) is 5.75 Å². The second-order valence-electron chi connectivity index (χ2n) is 6.60. The summed E-state index contributed by atoms with van der Waals surface area (Å²) in [4.78, 5) is 13.1. The minimum Gasteiger partial charge on any atom is -0.478 e. The number of nitrogens with two attached hydrogens (primary N) is 1. The lowest BCUT2D eigenvalue weighted by atomic mass is 10.0. The first kappa shape index (κ1) is 18.5. The highest BCUT2D eigenvalue weighted by atomic mass is 32.2. The smallest absolute Gasteiger partial charge is 0.335 e. The molecule has 1 saturated heterocycles. The van der Waals surface area contributed by atoms with Crippen molar-refractivity contribution in [1.82, 2.24) is 0 Å². The second-order valence-corrected chi connectivity index (χ2v) is 8.13. The predicted molar refractivity (Wildman–Crippen MR) is 97.9 cm³/mol. The molecule has 3 rings (SSSR count). The van der Waals surface area contributed by atoms with E-state index in [2.05, 4.69) is 0 Å². The van der Waals surface area contributed by atoms with Gasteiger partial charge in [0.1, 0.15) is 10.7 Å². The number of hydrogen-bond acceptors (Lipinski definition) is 5. The topological polar surface area (TPSA) is 110 Å². The number of carboxylic acids is 1. The molecule has 1 aliphatic carbocycles. The molecule has 26 heavy (non-hydrogen) atoms. The van der Waals surface area contributed by atoms with Gasteiger partial charge in [0, 0.05) is 19.0 Å². The molecular formula is C18H22N2O5S. The van der Waals surface area contributed by atoms with E-state index >= 15 is 0 Å². The third-order valence-corrected chi connectivity index (χ3v) is 5.54. The zero-order chi connectivity index (χ0) is 18.9. The fraction of sp³-hybridized carbons (Fsp3) is 0.389. The van der Waals surface area contributed by atoms with Crippen molar-refractivity contribution in [3.63, 3.8) is 0 Å². The number of carbonyl (C=O) groups is 1. The summed E-state index contributed by atoms with van der Waals surface area (Å²) >= 11 is 0. The quantitative estimate of drug-likeness (QED) is 0.814. The number of ether oxygens (including phenoxy) is 1. The highest BCUT2D eigenvalue weighted by Crippen LogP contribution is 2.40. The Labute approximate surface area is 152 Å². The van der Waals surface area contributed by atoms with Crippen LogP contribution in [0.1, 0.15) is 36.5 Å². The van der Waals surface area contributed by atoms with Crippen molar-refractivity contribution in [2.45, 2.75) is 31.1 Å². The van der Waals surface area contributed by atoms with Crippen LogP contribution in [0.15, 0.2) is 41.0 Å². The van der Waals surface area contributed by atoms with E-state index in [-0.39, 0.29) is 22.1 Å². The summed E-state index contributed by atoms with van der Waals surface area (Å²) in [6, 6.07) is 2.53. The molecule has 8 heteroatoms. The van der Waals surface area contributed by atoms with Crippen molar-refractivity contribution >= 4 is 21.7 Å². The fourth-order valence-corrected chi connectivity index (χ4v) is 3.89. The number of sulfonamides is 1. The Kier molecular flexibility index (Phi) is 5.06. The van der Waals surface area contributed by atoms with Gasteiger partial charge in [0.05, 0.1) is 11.3 Å². The van der Waals surface area contributed by atoms with Gasteiger partial charge in [-0.15, -0.1) is 0 Å². The van der Waals surface area contributed by atoms with Gasteiger partial charge in [-0.1, -0.05) is 19.1 Å². The van der Waals surface area contributed by atoms with Gasteiger partial charge >= 0.3 is 5.97 Å². The number of rotatable bonds is 5. The van der Waals surface area contributed by atoms with Gasteiger partial charge in [0.15, 0.2) is 5.75 Å². The second kappa shape index (κ2) is 7.13. The maximum Gasteiger partial charge on any atom is 0.335 e. The zero-order valence-electron chi connectivity index (χ0n) is 14.5. The average Bonchev–Trinajstić information content (AvgIpc) is 3.10. The summed E-state index contributed by atoms with van der Waals surface area (Å²) in [6.45, 7) is 3.39. The lowest BCUT2D eigenvalue weighted by molar-refractivity contribution is 0.0696. The number of anilines is 1. The molecule has 0 aromatic heterocycles. The van der Waals surface area contributed by atoms with Crippen molar-refractivity contribution in [2.24, 2.45) is 11.1 Å². The number of nitrogens with zero attached hydrogens (tertiary/aromatic N) is 1. The molecule has 1 heterocycles. The Balaban J connectivity index is 2.19. The lowest BCUT2D eigenvalue weighted by Crippen LogP contribution is -2.23. The van der Waals surface area contributed by atoms with E-state index in [9.17, 15) is 18.3 Å². The van der Waals surface area contributed by atoms with Crippen LogP contribution in [0.4, 0.5) is 5.69 Å². The van der Waals surface area contributed by atoms with Gasteiger partial charge in [-0.05, 0) is 37.5 Å². The molecule has 0 bridgehead atoms. The van der Waals surface area contributed by atoms with Crippen molar-refractivity contribution in [1.29, 1.82) is 0 Å². The summed E-state index contributed by atoms with van der Waals surface area (Å²) < 4.78 is 30.4. The Morgan fingerprint density at radius 3 is 2.58 bits per heavy atom. The maximum absolute atomic E-state index is 12.2. The molecule has 1 aliphatic heterocycles. The third-order valence-electron chi connectivity index (χ3n) is 4.63. The van der Waals surface area contributed by atoms with Gasteiger partial charge in [-0.3, -0.25) is 0 Å². The standard InChI is InChI=1S/C18H22N2O5S/c1-12-6-2-3-7-15(12)25-17-14(20-8-4-5-9-20)10-13(18(21)22)11-16(17)26(19,23)24/h2-3,7,10-12H,4-6,8-9H2,1H3,(H,21,22)(H2,19,23,24). The molecule has 0 saturated carbocycles. The van der Waals surface area contributed by atoms with Gasteiger partial charge in [0.2, 0.25) is 10.0 Å². The van der Waals surface area contributed by atoms with Crippen LogP contribution < -0.4 is 14.8 Å². The summed E-state index contributed by atoms with van der Waals surface area (Å²) in [5.74, 6) is -0.400. The molecule has 140 valence electrons. The van der Waals surface area contributed by atoms with Gasteiger partial charge in [-0.25, -0.2) is 18.4 Å². The van der Waals surface area contributed by atoms with E-state index in [4.69, 9.17) is 9.88 Å². The van der Waals surface area contributed by atoms with Crippen LogP contribution in [-0.4, -0.2) is 32.6 Å². The van der Waals surface area contributed by atoms with E-state index < -0.39 is 16.0 Å². The first-order valence-electron chi connectivity index (χ1n) is 8.51. The molecule has 1 aromatic rings. The van der Waals surface area contributed by atoms with Crippen LogP contribution in [0, 0.1) is 5.92 Å². The lowest BCUT2D eigenvalue weighted by Gasteiger charge is -2.26. The molecular weight excluding hydrogens is 356 g/mol. The molecule has 0 radical (unpaired) electrons. The largest absolute Gasteiger partial charge is 0.478 e. The Bertz CT molecular complexity index is 883. The molecule has 1 unspecified atom stereocenters. The SMILES string of the molecule is CC1CC=CC=C1Oc1c(N2CCCC2)cc(C(=O)O)cc1S(N)(=O)=O. The Morgan fingerprint density at radius 2 is 2.00 bits per heavy atom. The molecule has 2 aliphatic rings. The van der Waals surface area contributed by atoms with Crippen molar-refractivity contribution in [3.05, 3.63) is 41.7 Å². The first-order chi connectivity index (χ1) is 12.3. The highest BCUT2D eigenvalue weighted by molar-refractivity contribution is 7.89. The van der Waals surface area contributed by atoms with Crippen LogP contribution >= 0.6 is 0 Å². The van der Waals surface area contributed by atoms with Crippen LogP contribution in [0.3, 0.4) is 0 Å². The zero-order valence-corrected chi connectivity index (χ0v) is 15.3. The maximum atomic E-state index is 12.2. The minimum absolute atomic E-state index is 0.0823. The number of carboxylic acid groups (broad SMARTS) is 1. The molecule has 0 amide bonds. The molecule has 1 fully saturated rings. The van der Waals surface area contributed by atoms with Gasteiger partial charge in [0.25, 0.3) is 0 Å². The summed E-state index contributed by atoms with van der Waals surface area (Å²) in [5, 5.41) is 14.8. The van der Waals surface area contributed by atoms with E-state index in [1.165, 1.54) is 6.07 Å². The van der Waals surface area contributed by atoms with E-state index in [1.807, 2.05) is 24.0 Å². The molecule has 1 aromatic carbocycles. The monoisotopic (exact) mass is 378 g/mol. The van der Waals surface area contributed by atoms with Crippen LogP contribution in [0.25, 0.3) is 0 Å². The van der Waals surface area contributed by atoms with Crippen molar-refractivity contribution in [3.8, 4) is 5.75 Å². The minimum atomic E-state index is -4.17. The molecule has 0 spiro atoms. The van der Waals surface area contributed by atoms with Crippen molar-refractivity contribution < 1.29 is 23.1 Å². The molecule has 3 N–H and O–H groups in total. The number of benzene rings is 1. The van der Waals surface area contributed by atoms with E-state index in [0.717, 1.165) is 25.3 Å². The predicted octanol–water partition coefficient (Wildman–Crippen LogP) is 2.49. The van der Waals surface area contributed by atoms with Gasteiger partial charge < -0.3 is 14.7 Å². The number of allylic oxidation sites excluding steroid dienone is 4. The molecule has 7 nitrogen and oxygen atoms in total. The summed E-state index contributed by atoms with van der Waals surface area (Å²) in [5.41, 5.74) is 0.322. The fourth-order valence-electron chi connectivity index (χ4n) is 3.20. The van der Waals surface area contributed by atoms with Crippen LogP contribution in [0.2, 0.25) is 0 Å². The molecule has 1 atom stereocenters. The summed E-state index contributed by atoms with van der Waals surface area (Å²) in [7, 11) is -4.17. The Morgan fingerprint density at radius 1 is 1.31 bits per heavy atom. The number of primary sulfonamides is 1. The summed E-state index contributed by atoms with van der Waals surface area (Å²) in [6.07, 6.45) is 8.33. The van der Waals surface area contributed by atoms with E-state index in [0.29, 0.717) is 24.5 Å². The number of aromatic carboxylic acids is 1. The van der Waals surface area contributed by atoms with E-state index in [1.54, 1.807) is 6.08 Å². The first-order valence-corrected chi connectivity index (χ1v) is 10.1. The van der Waals surface area contributed by atoms with Crippen molar-refractivity contribution in [2.75, 3.05) is 18.0 Å².